The zero-order valence-corrected chi connectivity index (χ0v) is 16.5. The van der Waals surface area contributed by atoms with Gasteiger partial charge in [-0.2, -0.15) is 0 Å². The van der Waals surface area contributed by atoms with E-state index in [4.69, 9.17) is 16.3 Å². The van der Waals surface area contributed by atoms with Gasteiger partial charge in [-0.15, -0.1) is 0 Å². The van der Waals surface area contributed by atoms with E-state index >= 15 is 0 Å². The Morgan fingerprint density at radius 1 is 1.11 bits per heavy atom. The molecule has 1 amide bonds. The number of aliphatic imine (C=N–C) groups is 1. The van der Waals surface area contributed by atoms with Crippen molar-refractivity contribution in [3.8, 4) is 5.75 Å². The van der Waals surface area contributed by atoms with Gasteiger partial charge in [0.05, 0.1) is 6.54 Å². The van der Waals surface area contributed by atoms with Gasteiger partial charge in [-0.05, 0) is 48.9 Å². The molecule has 0 bridgehead atoms. The van der Waals surface area contributed by atoms with Crippen molar-refractivity contribution in [2.75, 3.05) is 20.6 Å². The number of rotatable bonds is 7. The number of halogens is 1. The minimum absolute atomic E-state index is 0.0448. The van der Waals surface area contributed by atoms with E-state index < -0.39 is 0 Å². The van der Waals surface area contributed by atoms with Gasteiger partial charge in [0.2, 0.25) is 0 Å². The summed E-state index contributed by atoms with van der Waals surface area (Å²) in [5.41, 5.74) is 1.69. The molecule has 0 saturated heterocycles. The highest BCUT2D eigenvalue weighted by Gasteiger charge is 2.07. The highest BCUT2D eigenvalue weighted by molar-refractivity contribution is 6.30. The number of benzene rings is 2. The molecule has 3 N–H and O–H groups in total. The average molecular weight is 389 g/mol. The standard InChI is InChI=1S/C20H25ClN4O2/c1-14(27-18-10-8-17(21)9-11-18)12-24-20(23-3)25-13-15-4-6-16(7-5-15)19(26)22-2/h4-11,14H,12-13H2,1-3H3,(H,22,26)(H2,23,24,25). The summed E-state index contributed by atoms with van der Waals surface area (Å²) in [6.07, 6.45) is -0.0448. The van der Waals surface area contributed by atoms with Gasteiger partial charge in [0.15, 0.2) is 5.96 Å². The minimum Gasteiger partial charge on any atom is -0.489 e. The molecule has 1 atom stereocenters. The van der Waals surface area contributed by atoms with Crippen LogP contribution in [-0.4, -0.2) is 38.6 Å². The summed E-state index contributed by atoms with van der Waals surface area (Å²) < 4.78 is 5.83. The van der Waals surface area contributed by atoms with E-state index in [1.807, 2.05) is 31.2 Å². The Morgan fingerprint density at radius 3 is 2.37 bits per heavy atom. The van der Waals surface area contributed by atoms with E-state index in [-0.39, 0.29) is 12.0 Å². The van der Waals surface area contributed by atoms with Crippen molar-refractivity contribution in [2.45, 2.75) is 19.6 Å². The van der Waals surface area contributed by atoms with E-state index in [0.29, 0.717) is 29.6 Å². The summed E-state index contributed by atoms with van der Waals surface area (Å²) >= 11 is 5.87. The fourth-order valence-electron chi connectivity index (χ4n) is 2.35. The van der Waals surface area contributed by atoms with E-state index in [1.165, 1.54) is 0 Å². The maximum absolute atomic E-state index is 11.6. The number of amides is 1. The maximum atomic E-state index is 11.6. The fraction of sp³-hybridized carbons (Fsp3) is 0.300. The van der Waals surface area contributed by atoms with Crippen LogP contribution in [0.5, 0.6) is 5.75 Å². The zero-order valence-electron chi connectivity index (χ0n) is 15.8. The number of nitrogens with one attached hydrogen (secondary N) is 3. The minimum atomic E-state index is -0.0957. The lowest BCUT2D eigenvalue weighted by Crippen LogP contribution is -2.41. The molecule has 0 fully saturated rings. The molecule has 6 nitrogen and oxygen atoms in total. The van der Waals surface area contributed by atoms with Gasteiger partial charge in [0.25, 0.3) is 5.91 Å². The molecular formula is C20H25ClN4O2. The van der Waals surface area contributed by atoms with Crippen LogP contribution in [0.2, 0.25) is 5.02 Å². The summed E-state index contributed by atoms with van der Waals surface area (Å²) in [6.45, 7) is 3.17. The number of ether oxygens (including phenoxy) is 1. The van der Waals surface area contributed by atoms with Crippen LogP contribution in [0.15, 0.2) is 53.5 Å². The Morgan fingerprint density at radius 2 is 1.78 bits per heavy atom. The number of nitrogens with zero attached hydrogens (tertiary/aromatic N) is 1. The lowest BCUT2D eigenvalue weighted by Gasteiger charge is -2.18. The Labute approximate surface area is 165 Å². The molecule has 1 unspecified atom stereocenters. The average Bonchev–Trinajstić information content (AvgIpc) is 2.69. The second-order valence-corrected chi connectivity index (χ2v) is 6.40. The van der Waals surface area contributed by atoms with Crippen LogP contribution in [0.25, 0.3) is 0 Å². The summed E-state index contributed by atoms with van der Waals surface area (Å²) in [4.78, 5) is 15.8. The number of carbonyl (C=O) groups excluding carboxylic acids is 1. The van der Waals surface area contributed by atoms with E-state index in [9.17, 15) is 4.79 Å². The Hall–Kier alpha value is -2.73. The molecule has 2 rings (SSSR count). The molecule has 0 aromatic heterocycles. The van der Waals surface area contributed by atoms with Crippen LogP contribution in [0.4, 0.5) is 0 Å². The summed E-state index contributed by atoms with van der Waals surface area (Å²) in [5, 5.41) is 9.76. The Kier molecular flexibility index (Phi) is 7.95. The van der Waals surface area contributed by atoms with Gasteiger partial charge < -0.3 is 20.7 Å². The smallest absolute Gasteiger partial charge is 0.251 e. The third-order valence-corrected chi connectivity index (χ3v) is 4.09. The number of hydrogen-bond donors (Lipinski definition) is 3. The number of carbonyl (C=O) groups is 1. The van der Waals surface area contributed by atoms with Crippen molar-refractivity contribution in [3.05, 3.63) is 64.7 Å². The monoisotopic (exact) mass is 388 g/mol. The second-order valence-electron chi connectivity index (χ2n) is 5.97. The Bertz CT molecular complexity index is 761. The van der Waals surface area contributed by atoms with Gasteiger partial charge >= 0.3 is 0 Å². The van der Waals surface area contributed by atoms with Crippen molar-refractivity contribution in [2.24, 2.45) is 4.99 Å². The van der Waals surface area contributed by atoms with Gasteiger partial charge in [0.1, 0.15) is 11.9 Å². The summed E-state index contributed by atoms with van der Waals surface area (Å²) in [5.74, 6) is 1.35. The molecule has 7 heteroatoms. The topological polar surface area (TPSA) is 74.8 Å². The van der Waals surface area contributed by atoms with Crippen LogP contribution in [-0.2, 0) is 6.54 Å². The first-order valence-corrected chi connectivity index (χ1v) is 9.07. The zero-order chi connectivity index (χ0) is 19.6. The highest BCUT2D eigenvalue weighted by Crippen LogP contribution is 2.16. The molecule has 0 aliphatic rings. The first-order chi connectivity index (χ1) is 13.0. The summed E-state index contributed by atoms with van der Waals surface area (Å²) in [7, 11) is 3.33. The van der Waals surface area contributed by atoms with Crippen molar-refractivity contribution in [3.63, 3.8) is 0 Å². The molecule has 2 aromatic carbocycles. The van der Waals surface area contributed by atoms with Crippen molar-refractivity contribution >= 4 is 23.5 Å². The highest BCUT2D eigenvalue weighted by atomic mass is 35.5. The second kappa shape index (κ2) is 10.4. The van der Waals surface area contributed by atoms with Gasteiger partial charge in [-0.1, -0.05) is 23.7 Å². The number of guanidine groups is 1. The fourth-order valence-corrected chi connectivity index (χ4v) is 2.48. The lowest BCUT2D eigenvalue weighted by molar-refractivity contribution is 0.0963. The molecule has 0 saturated carbocycles. The quantitative estimate of drug-likeness (QED) is 0.503. The Balaban J connectivity index is 1.78. The van der Waals surface area contributed by atoms with Crippen molar-refractivity contribution < 1.29 is 9.53 Å². The molecule has 0 heterocycles. The van der Waals surface area contributed by atoms with Gasteiger partial charge in [-0.25, -0.2) is 0 Å². The first kappa shape index (κ1) is 20.6. The molecular weight excluding hydrogens is 364 g/mol. The molecule has 0 spiro atoms. The molecule has 0 aliphatic carbocycles. The third kappa shape index (κ3) is 6.83. The summed E-state index contributed by atoms with van der Waals surface area (Å²) in [6, 6.07) is 14.7. The third-order valence-electron chi connectivity index (χ3n) is 3.83. The molecule has 0 radical (unpaired) electrons. The molecule has 0 aliphatic heterocycles. The van der Waals surface area contributed by atoms with Crippen LogP contribution in [0.3, 0.4) is 0 Å². The first-order valence-electron chi connectivity index (χ1n) is 8.69. The van der Waals surface area contributed by atoms with Crippen molar-refractivity contribution in [1.29, 1.82) is 0 Å². The molecule has 2 aromatic rings. The van der Waals surface area contributed by atoms with Crippen molar-refractivity contribution in [1.82, 2.24) is 16.0 Å². The lowest BCUT2D eigenvalue weighted by atomic mass is 10.1. The van der Waals surface area contributed by atoms with E-state index in [2.05, 4.69) is 20.9 Å². The normalized spacial score (nSPS) is 12.2. The van der Waals surface area contributed by atoms with Crippen LogP contribution < -0.4 is 20.7 Å². The maximum Gasteiger partial charge on any atom is 0.251 e. The molecule has 27 heavy (non-hydrogen) atoms. The van der Waals surface area contributed by atoms with Gasteiger partial charge in [-0.3, -0.25) is 9.79 Å². The van der Waals surface area contributed by atoms with E-state index in [1.54, 1.807) is 38.4 Å². The SMILES string of the molecule is CN=C(NCc1ccc(C(=O)NC)cc1)NCC(C)Oc1ccc(Cl)cc1. The largest absolute Gasteiger partial charge is 0.489 e. The predicted octanol–water partition coefficient (Wildman–Crippen LogP) is 2.83. The van der Waals surface area contributed by atoms with Crippen LogP contribution in [0.1, 0.15) is 22.8 Å². The van der Waals surface area contributed by atoms with Crippen LogP contribution >= 0.6 is 11.6 Å². The van der Waals surface area contributed by atoms with Gasteiger partial charge in [0, 0.05) is 31.2 Å². The van der Waals surface area contributed by atoms with E-state index in [0.717, 1.165) is 11.3 Å². The molecule has 144 valence electrons. The predicted molar refractivity (Wildman–Crippen MR) is 110 cm³/mol. The number of hydrogen-bond acceptors (Lipinski definition) is 3. The van der Waals surface area contributed by atoms with Crippen LogP contribution in [0, 0.1) is 0 Å².